The SMILES string of the molecule is CCOC(=O)C1=C(C)NC(C)=C(C#N)C1c1cccc2ncc(-c3ccccc3)cc12. The van der Waals surface area contributed by atoms with Crippen molar-refractivity contribution in [2.45, 2.75) is 26.7 Å². The van der Waals surface area contributed by atoms with Gasteiger partial charge < -0.3 is 10.1 Å². The monoisotopic (exact) mass is 409 g/mol. The standard InChI is InChI=1S/C26H23N3O2/c1-4-31-26(30)24-17(3)29-16(2)22(14-27)25(24)20-11-8-12-23-21(20)13-19(15-28-23)18-9-6-5-7-10-18/h5-13,15,25,29H,4H2,1-3H3. The minimum Gasteiger partial charge on any atom is -0.463 e. The number of nitriles is 1. The summed E-state index contributed by atoms with van der Waals surface area (Å²) in [6.07, 6.45) is 1.85. The molecule has 0 amide bonds. The van der Waals surface area contributed by atoms with Gasteiger partial charge in [0, 0.05) is 28.5 Å². The maximum absolute atomic E-state index is 12.9. The highest BCUT2D eigenvalue weighted by Crippen LogP contribution is 2.41. The fraction of sp³-hybridized carbons (Fsp3) is 0.192. The molecule has 2 aromatic carbocycles. The van der Waals surface area contributed by atoms with Crippen LogP contribution in [0.1, 0.15) is 32.3 Å². The second-order valence-electron chi connectivity index (χ2n) is 7.47. The third kappa shape index (κ3) is 3.69. The number of fused-ring (bicyclic) bond motifs is 1. The highest BCUT2D eigenvalue weighted by atomic mass is 16.5. The number of nitrogens with one attached hydrogen (secondary N) is 1. The van der Waals surface area contributed by atoms with Gasteiger partial charge in [0.25, 0.3) is 0 Å². The Kier molecular flexibility index (Phi) is 5.55. The van der Waals surface area contributed by atoms with Gasteiger partial charge in [-0.15, -0.1) is 0 Å². The van der Waals surface area contributed by atoms with Gasteiger partial charge >= 0.3 is 5.97 Å². The highest BCUT2D eigenvalue weighted by molar-refractivity contribution is 5.96. The Morgan fingerprint density at radius 1 is 1.10 bits per heavy atom. The first-order valence-corrected chi connectivity index (χ1v) is 10.2. The summed E-state index contributed by atoms with van der Waals surface area (Å²) in [7, 11) is 0. The Hall–Kier alpha value is -3.91. The van der Waals surface area contributed by atoms with Crippen molar-refractivity contribution in [3.8, 4) is 17.2 Å². The molecule has 1 unspecified atom stereocenters. The summed E-state index contributed by atoms with van der Waals surface area (Å²) in [6, 6.07) is 20.2. The summed E-state index contributed by atoms with van der Waals surface area (Å²) in [6.45, 7) is 5.74. The highest BCUT2D eigenvalue weighted by Gasteiger charge is 2.35. The van der Waals surface area contributed by atoms with Crippen LogP contribution in [0.2, 0.25) is 0 Å². The van der Waals surface area contributed by atoms with E-state index in [2.05, 4.69) is 22.4 Å². The molecule has 0 aliphatic carbocycles. The molecule has 0 radical (unpaired) electrons. The molecule has 5 heteroatoms. The van der Waals surface area contributed by atoms with Crippen molar-refractivity contribution in [3.63, 3.8) is 0 Å². The lowest BCUT2D eigenvalue weighted by Gasteiger charge is -2.29. The van der Waals surface area contributed by atoms with Crippen LogP contribution in [0.25, 0.3) is 22.0 Å². The third-order valence-electron chi connectivity index (χ3n) is 5.55. The predicted octanol–water partition coefficient (Wildman–Crippen LogP) is 5.22. The zero-order valence-corrected chi connectivity index (χ0v) is 17.8. The van der Waals surface area contributed by atoms with E-state index in [0.29, 0.717) is 16.8 Å². The molecule has 1 aliphatic heterocycles. The maximum Gasteiger partial charge on any atom is 0.336 e. The zero-order chi connectivity index (χ0) is 22.0. The molecule has 0 bridgehead atoms. The van der Waals surface area contributed by atoms with E-state index < -0.39 is 11.9 Å². The van der Waals surface area contributed by atoms with E-state index in [1.807, 2.05) is 68.6 Å². The molecule has 1 aromatic heterocycles. The first-order valence-electron chi connectivity index (χ1n) is 10.2. The van der Waals surface area contributed by atoms with Crippen molar-refractivity contribution in [3.05, 3.63) is 88.9 Å². The first kappa shape index (κ1) is 20.4. The Labute approximate surface area is 181 Å². The van der Waals surface area contributed by atoms with Crippen LogP contribution < -0.4 is 5.32 Å². The fourth-order valence-electron chi connectivity index (χ4n) is 4.14. The van der Waals surface area contributed by atoms with Crippen molar-refractivity contribution in [1.82, 2.24) is 10.3 Å². The number of pyridine rings is 1. The molecule has 4 rings (SSSR count). The van der Waals surface area contributed by atoms with Crippen LogP contribution in [0.4, 0.5) is 0 Å². The molecular weight excluding hydrogens is 386 g/mol. The summed E-state index contributed by atoms with van der Waals surface area (Å²) in [5, 5.41) is 14.1. The van der Waals surface area contributed by atoms with Crippen LogP contribution in [-0.2, 0) is 9.53 Å². The summed E-state index contributed by atoms with van der Waals surface area (Å²) >= 11 is 0. The lowest BCUT2D eigenvalue weighted by molar-refractivity contribution is -0.138. The quantitative estimate of drug-likeness (QED) is 0.598. The third-order valence-corrected chi connectivity index (χ3v) is 5.55. The van der Waals surface area contributed by atoms with Crippen molar-refractivity contribution >= 4 is 16.9 Å². The molecule has 0 saturated carbocycles. The first-order chi connectivity index (χ1) is 15.0. The topological polar surface area (TPSA) is 75.0 Å². The van der Waals surface area contributed by atoms with Crippen LogP contribution in [0.3, 0.4) is 0 Å². The van der Waals surface area contributed by atoms with Gasteiger partial charge in [-0.25, -0.2) is 4.79 Å². The van der Waals surface area contributed by atoms with E-state index in [1.54, 1.807) is 6.92 Å². The Morgan fingerprint density at radius 3 is 2.58 bits per heavy atom. The summed E-state index contributed by atoms with van der Waals surface area (Å²) in [5.41, 5.74) is 6.11. The van der Waals surface area contributed by atoms with E-state index >= 15 is 0 Å². The van der Waals surface area contributed by atoms with Crippen molar-refractivity contribution in [2.75, 3.05) is 6.61 Å². The summed E-state index contributed by atoms with van der Waals surface area (Å²) < 4.78 is 5.35. The lowest BCUT2D eigenvalue weighted by atomic mass is 9.79. The number of allylic oxidation sites excluding steroid dienone is 3. The van der Waals surface area contributed by atoms with E-state index in [4.69, 9.17) is 4.74 Å². The molecule has 2 heterocycles. The Balaban J connectivity index is 1.97. The number of hydrogen-bond donors (Lipinski definition) is 1. The normalized spacial score (nSPS) is 16.1. The van der Waals surface area contributed by atoms with Gasteiger partial charge in [0.1, 0.15) is 0 Å². The molecule has 1 atom stereocenters. The molecule has 3 aromatic rings. The number of carbonyl (C=O) groups is 1. The van der Waals surface area contributed by atoms with E-state index in [1.165, 1.54) is 0 Å². The second-order valence-corrected chi connectivity index (χ2v) is 7.47. The largest absolute Gasteiger partial charge is 0.463 e. The van der Waals surface area contributed by atoms with E-state index in [-0.39, 0.29) is 6.61 Å². The minimum absolute atomic E-state index is 0.266. The fourth-order valence-corrected chi connectivity index (χ4v) is 4.14. The summed E-state index contributed by atoms with van der Waals surface area (Å²) in [5.74, 6) is -0.941. The number of dihydropyridines is 1. The number of rotatable bonds is 4. The zero-order valence-electron chi connectivity index (χ0n) is 17.8. The van der Waals surface area contributed by atoms with Crippen molar-refractivity contribution in [2.24, 2.45) is 0 Å². The van der Waals surface area contributed by atoms with Crippen LogP contribution in [0, 0.1) is 11.3 Å². The van der Waals surface area contributed by atoms with Gasteiger partial charge in [0.05, 0.1) is 35.3 Å². The molecule has 5 nitrogen and oxygen atoms in total. The van der Waals surface area contributed by atoms with Crippen molar-refractivity contribution < 1.29 is 9.53 Å². The lowest BCUT2D eigenvalue weighted by Crippen LogP contribution is -2.28. The smallest absolute Gasteiger partial charge is 0.336 e. The van der Waals surface area contributed by atoms with Crippen LogP contribution in [0.15, 0.2) is 83.3 Å². The van der Waals surface area contributed by atoms with Gasteiger partial charge in [-0.05, 0) is 44.0 Å². The van der Waals surface area contributed by atoms with Gasteiger partial charge in [-0.2, -0.15) is 5.26 Å². The maximum atomic E-state index is 12.9. The molecule has 1 aliphatic rings. The number of nitrogens with zero attached hydrogens (tertiary/aromatic N) is 2. The minimum atomic E-state index is -0.526. The molecule has 0 fully saturated rings. The molecule has 1 N–H and O–H groups in total. The van der Waals surface area contributed by atoms with E-state index in [9.17, 15) is 10.1 Å². The van der Waals surface area contributed by atoms with E-state index in [0.717, 1.165) is 33.3 Å². The molecule has 0 spiro atoms. The van der Waals surface area contributed by atoms with Crippen molar-refractivity contribution in [1.29, 1.82) is 5.26 Å². The number of carbonyl (C=O) groups excluding carboxylic acids is 1. The number of aromatic nitrogens is 1. The van der Waals surface area contributed by atoms with Crippen LogP contribution in [0.5, 0.6) is 0 Å². The average molecular weight is 409 g/mol. The van der Waals surface area contributed by atoms with Gasteiger partial charge in [0.2, 0.25) is 0 Å². The predicted molar refractivity (Wildman–Crippen MR) is 121 cm³/mol. The second kappa shape index (κ2) is 8.45. The van der Waals surface area contributed by atoms with Gasteiger partial charge in [0.15, 0.2) is 0 Å². The molecule has 154 valence electrons. The summed E-state index contributed by atoms with van der Waals surface area (Å²) in [4.78, 5) is 17.6. The molecular formula is C26H23N3O2. The molecule has 0 saturated heterocycles. The Morgan fingerprint density at radius 2 is 1.87 bits per heavy atom. The molecule has 31 heavy (non-hydrogen) atoms. The van der Waals surface area contributed by atoms with Gasteiger partial charge in [-0.1, -0.05) is 42.5 Å². The number of esters is 1. The van der Waals surface area contributed by atoms with Crippen LogP contribution in [-0.4, -0.2) is 17.6 Å². The number of hydrogen-bond acceptors (Lipinski definition) is 5. The van der Waals surface area contributed by atoms with Gasteiger partial charge in [-0.3, -0.25) is 4.98 Å². The number of benzene rings is 2. The Bertz CT molecular complexity index is 1270. The average Bonchev–Trinajstić information content (AvgIpc) is 2.78. The number of ether oxygens (including phenoxy) is 1. The van der Waals surface area contributed by atoms with Crippen LogP contribution >= 0.6 is 0 Å².